The summed E-state index contributed by atoms with van der Waals surface area (Å²) >= 11 is 5.83. The highest BCUT2D eigenvalue weighted by Gasteiger charge is 2.63. The van der Waals surface area contributed by atoms with Gasteiger partial charge in [0.2, 0.25) is 11.9 Å². The Kier molecular flexibility index (Phi) is 6.08. The van der Waals surface area contributed by atoms with Gasteiger partial charge in [0, 0.05) is 32.7 Å². The van der Waals surface area contributed by atoms with E-state index in [0.29, 0.717) is 56.4 Å². The van der Waals surface area contributed by atoms with E-state index in [0.717, 1.165) is 6.20 Å². The molecule has 2 saturated heterocycles. The van der Waals surface area contributed by atoms with Crippen LogP contribution in [0.1, 0.15) is 24.8 Å². The monoisotopic (exact) mass is 513 g/mol. The number of hydrogen-bond acceptors (Lipinski definition) is 8. The summed E-state index contributed by atoms with van der Waals surface area (Å²) in [5, 5.41) is 8.37. The molecule has 2 unspecified atom stereocenters. The van der Waals surface area contributed by atoms with Crippen molar-refractivity contribution >= 4 is 29.1 Å². The van der Waals surface area contributed by atoms with Crippen LogP contribution in [0.4, 0.5) is 24.8 Å². The highest BCUT2D eigenvalue weighted by atomic mass is 35.5. The molecule has 5 rings (SSSR count). The van der Waals surface area contributed by atoms with Crippen LogP contribution in [-0.2, 0) is 15.7 Å². The van der Waals surface area contributed by atoms with Gasteiger partial charge in [-0.25, -0.2) is 15.1 Å². The van der Waals surface area contributed by atoms with Crippen molar-refractivity contribution in [2.75, 3.05) is 42.9 Å². The number of piperazine rings is 1. The Hall–Kier alpha value is -2.93. The molecule has 1 saturated carbocycles. The molecule has 3 fully saturated rings. The highest BCUT2D eigenvalue weighted by molar-refractivity contribution is 6.30. The fourth-order valence-electron chi connectivity index (χ4n) is 4.86. The maximum absolute atomic E-state index is 13.2. The minimum atomic E-state index is -4.81. The molecule has 2 aromatic rings. The van der Waals surface area contributed by atoms with E-state index in [1.54, 1.807) is 0 Å². The van der Waals surface area contributed by atoms with Gasteiger partial charge in [-0.3, -0.25) is 9.59 Å². The van der Waals surface area contributed by atoms with Crippen molar-refractivity contribution in [1.82, 2.24) is 25.1 Å². The van der Waals surface area contributed by atoms with Crippen molar-refractivity contribution in [2.45, 2.75) is 37.1 Å². The first-order valence-corrected chi connectivity index (χ1v) is 11.6. The summed E-state index contributed by atoms with van der Waals surface area (Å²) in [5.41, 5.74) is -3.57. The number of carbonyl (C=O) groups is 1. The van der Waals surface area contributed by atoms with E-state index in [1.165, 1.54) is 12.4 Å². The first-order chi connectivity index (χ1) is 16.7. The lowest BCUT2D eigenvalue weighted by Gasteiger charge is -2.35. The molecule has 2 N–H and O–H groups in total. The molecule has 10 nitrogen and oxygen atoms in total. The molecule has 0 bridgehead atoms. The molecule has 35 heavy (non-hydrogen) atoms. The number of ether oxygens (including phenoxy) is 1. The number of nitrogens with zero attached hydrogens (tertiary/aromatic N) is 5. The van der Waals surface area contributed by atoms with Crippen molar-refractivity contribution in [3.05, 3.63) is 39.5 Å². The van der Waals surface area contributed by atoms with E-state index in [-0.39, 0.29) is 24.5 Å². The Balaban J connectivity index is 1.13. The Morgan fingerprint density at radius 3 is 2.63 bits per heavy atom. The van der Waals surface area contributed by atoms with Crippen LogP contribution in [0.25, 0.3) is 0 Å². The van der Waals surface area contributed by atoms with Crippen LogP contribution in [0, 0.1) is 5.92 Å². The van der Waals surface area contributed by atoms with Gasteiger partial charge in [0.25, 0.3) is 5.56 Å². The molecule has 1 amide bonds. The standard InChI is InChI=1S/C21H23ClF3N7O3/c22-12-8-27-19(28-9-12)32-5-3-31(4-6-32)18(34)14-7-20(14)2-1-13(35-20)10-26-15-11-29-30-17(33)16(15)21(23,24)25/h8-9,11,13-14H,1-7,10H2,(H2,26,30,33)/t13-,14?,20?/m0/s1. The van der Waals surface area contributed by atoms with E-state index in [4.69, 9.17) is 16.3 Å². The molecule has 0 aromatic carbocycles. The van der Waals surface area contributed by atoms with Gasteiger partial charge in [-0.05, 0) is 19.3 Å². The number of amides is 1. The molecule has 1 aliphatic carbocycles. The number of halogens is 4. The maximum Gasteiger partial charge on any atom is 0.423 e. The van der Waals surface area contributed by atoms with Crippen molar-refractivity contribution in [2.24, 2.45) is 5.92 Å². The summed E-state index contributed by atoms with van der Waals surface area (Å²) in [4.78, 5) is 36.9. The van der Waals surface area contributed by atoms with Crippen molar-refractivity contribution < 1.29 is 22.7 Å². The molecule has 0 radical (unpaired) electrons. The van der Waals surface area contributed by atoms with Crippen LogP contribution in [0.2, 0.25) is 5.02 Å². The van der Waals surface area contributed by atoms with Gasteiger partial charge in [-0.15, -0.1) is 0 Å². The number of hydrogen-bond donors (Lipinski definition) is 2. The topological polar surface area (TPSA) is 116 Å². The third kappa shape index (κ3) is 4.79. The van der Waals surface area contributed by atoms with E-state index in [2.05, 4.69) is 20.4 Å². The largest absolute Gasteiger partial charge is 0.423 e. The zero-order valence-electron chi connectivity index (χ0n) is 18.5. The second-order valence-electron chi connectivity index (χ2n) is 8.98. The smallest absolute Gasteiger partial charge is 0.380 e. The third-order valence-corrected chi connectivity index (χ3v) is 6.95. The van der Waals surface area contributed by atoms with Crippen LogP contribution in [-0.4, -0.2) is 75.4 Å². The molecule has 3 aliphatic rings. The SMILES string of the molecule is O=C(C1CC12CC[C@@H](CNc1cn[nH]c(=O)c1C(F)(F)F)O2)N1CCN(c2ncc(Cl)cn2)CC1. The molecular weight excluding hydrogens is 491 g/mol. The minimum Gasteiger partial charge on any atom is -0.380 e. The number of anilines is 2. The fraction of sp³-hybridized carbons (Fsp3) is 0.571. The first kappa shape index (κ1) is 23.8. The lowest BCUT2D eigenvalue weighted by Crippen LogP contribution is -2.50. The predicted octanol–water partition coefficient (Wildman–Crippen LogP) is 1.93. The van der Waals surface area contributed by atoms with Crippen LogP contribution >= 0.6 is 11.6 Å². The van der Waals surface area contributed by atoms with E-state index in [1.807, 2.05) is 14.9 Å². The number of rotatable bonds is 5. The number of H-pyrrole nitrogens is 1. The zero-order chi connectivity index (χ0) is 24.8. The van der Waals surface area contributed by atoms with Crippen LogP contribution < -0.4 is 15.8 Å². The highest BCUT2D eigenvalue weighted by Crippen LogP contribution is 2.55. The Morgan fingerprint density at radius 1 is 1.23 bits per heavy atom. The molecule has 2 aliphatic heterocycles. The fourth-order valence-corrected chi connectivity index (χ4v) is 4.96. The van der Waals surface area contributed by atoms with Gasteiger partial charge in [0.05, 0.1) is 46.9 Å². The average molecular weight is 514 g/mol. The summed E-state index contributed by atoms with van der Waals surface area (Å²) in [6.07, 6.45) is 0.699. The number of aromatic nitrogens is 4. The average Bonchev–Trinajstić information content (AvgIpc) is 3.37. The Morgan fingerprint density at radius 2 is 1.94 bits per heavy atom. The van der Waals surface area contributed by atoms with Crippen molar-refractivity contribution in [1.29, 1.82) is 0 Å². The summed E-state index contributed by atoms with van der Waals surface area (Å²) < 4.78 is 45.8. The lowest BCUT2D eigenvalue weighted by molar-refractivity contribution is -0.138. The Labute approximate surface area is 202 Å². The molecule has 1 spiro atoms. The van der Waals surface area contributed by atoms with Crippen LogP contribution in [0.3, 0.4) is 0 Å². The predicted molar refractivity (Wildman–Crippen MR) is 119 cm³/mol. The maximum atomic E-state index is 13.2. The van der Waals surface area contributed by atoms with Gasteiger partial charge in [0.1, 0.15) is 5.56 Å². The quantitative estimate of drug-likeness (QED) is 0.623. The van der Waals surface area contributed by atoms with Gasteiger partial charge >= 0.3 is 6.18 Å². The van der Waals surface area contributed by atoms with Crippen molar-refractivity contribution in [3.8, 4) is 0 Å². The number of alkyl halides is 3. The normalized spacial score (nSPS) is 26.3. The van der Waals surface area contributed by atoms with Crippen molar-refractivity contribution in [3.63, 3.8) is 0 Å². The van der Waals surface area contributed by atoms with E-state index < -0.39 is 28.6 Å². The second-order valence-corrected chi connectivity index (χ2v) is 9.42. The van der Waals surface area contributed by atoms with Gasteiger partial charge in [-0.2, -0.15) is 18.3 Å². The Bertz CT molecular complexity index is 1150. The minimum absolute atomic E-state index is 0.0356. The molecule has 2 aromatic heterocycles. The van der Waals surface area contributed by atoms with Gasteiger partial charge in [0.15, 0.2) is 0 Å². The van der Waals surface area contributed by atoms with Gasteiger partial charge in [-0.1, -0.05) is 11.6 Å². The molecule has 188 valence electrons. The second kappa shape index (κ2) is 8.94. The van der Waals surface area contributed by atoms with Gasteiger partial charge < -0.3 is 19.9 Å². The summed E-state index contributed by atoms with van der Waals surface area (Å²) in [5.74, 6) is 0.356. The first-order valence-electron chi connectivity index (χ1n) is 11.2. The van der Waals surface area contributed by atoms with Crippen LogP contribution in [0.15, 0.2) is 23.4 Å². The summed E-state index contributed by atoms with van der Waals surface area (Å²) in [6.45, 7) is 2.37. The molecule has 14 heteroatoms. The number of nitrogens with one attached hydrogen (secondary N) is 2. The molecule has 4 heterocycles. The molecular formula is C21H23ClF3N7O3. The lowest BCUT2D eigenvalue weighted by atomic mass is 10.1. The van der Waals surface area contributed by atoms with Crippen LogP contribution in [0.5, 0.6) is 0 Å². The van der Waals surface area contributed by atoms with E-state index >= 15 is 0 Å². The van der Waals surface area contributed by atoms with E-state index in [9.17, 15) is 22.8 Å². The zero-order valence-corrected chi connectivity index (χ0v) is 19.3. The summed E-state index contributed by atoms with van der Waals surface area (Å²) in [7, 11) is 0. The number of carbonyl (C=O) groups excluding carboxylic acids is 1. The third-order valence-electron chi connectivity index (χ3n) is 6.75. The molecule has 3 atom stereocenters. The number of aromatic amines is 1. The summed E-state index contributed by atoms with van der Waals surface area (Å²) in [6, 6.07) is 0.